The number of para-hydroxylation sites is 2. The van der Waals surface area contributed by atoms with Crippen molar-refractivity contribution in [3.05, 3.63) is 420 Å². The first-order valence-electron chi connectivity index (χ1n) is 35.9. The number of nitriles is 2. The van der Waals surface area contributed by atoms with Crippen molar-refractivity contribution in [2.24, 2.45) is 0 Å². The first-order valence-corrected chi connectivity index (χ1v) is 35.9. The summed E-state index contributed by atoms with van der Waals surface area (Å²) in [5.74, 6) is 2.25. The summed E-state index contributed by atoms with van der Waals surface area (Å²) < 4.78 is 17.9. The Kier molecular flexibility index (Phi) is 22.4. The topological polar surface area (TPSA) is 174 Å². The van der Waals surface area contributed by atoms with Gasteiger partial charge < -0.3 is 33.8 Å². The number of rotatable bonds is 14. The van der Waals surface area contributed by atoms with Crippen LogP contribution in [0.2, 0.25) is 0 Å². The number of anilines is 6. The van der Waals surface area contributed by atoms with E-state index < -0.39 is 0 Å². The fourth-order valence-electron chi connectivity index (χ4n) is 13.3. The van der Waals surface area contributed by atoms with Crippen LogP contribution < -0.4 is 19.6 Å². The summed E-state index contributed by atoms with van der Waals surface area (Å²) in [5.41, 5.74) is 16.0. The van der Waals surface area contributed by atoms with E-state index in [-0.39, 0.29) is 45.6 Å². The van der Waals surface area contributed by atoms with Crippen LogP contribution in [-0.2, 0) is 14.2 Å². The molecule has 15 rings (SSSR count). The van der Waals surface area contributed by atoms with Crippen LogP contribution in [0.25, 0.3) is 29.9 Å². The molecule has 0 radical (unpaired) electrons. The van der Waals surface area contributed by atoms with Gasteiger partial charge in [0.1, 0.15) is 52.3 Å². The minimum Gasteiger partial charge on any atom is -0.462 e. The molecule has 14 heteroatoms. The highest BCUT2D eigenvalue weighted by Gasteiger charge is 2.38. The van der Waals surface area contributed by atoms with E-state index in [9.17, 15) is 34.5 Å². The molecule has 3 aliphatic carbocycles. The van der Waals surface area contributed by atoms with Gasteiger partial charge in [0.05, 0.1) is 11.1 Å². The number of nitrogens with zero attached hydrogens (tertiary/aromatic N) is 6. The molecule has 0 amide bonds. The fourth-order valence-corrected chi connectivity index (χ4v) is 13.3. The van der Waals surface area contributed by atoms with Crippen LogP contribution in [0.4, 0.5) is 34.1 Å². The SMILES string of the molecule is CC1=CC(=C2C(=O)c3ccccc3C2=O)C=C(/C=C/c2ccc(N(C)C)cc2)O1.CC1=CC(=C2C(=O)c3ccccc3C2=O)C=C(C=Cc2ccc(N(c3ccccc3)c3ccccc3)cc2)O1.CN(C)c1ccc(C=CC2=CC(=C3C(=O)c4ccccc4C3=C(C#N)C#N)C=C(C=Cc3ccc(N(C)C)cc3)O2)cc1. The average molecular weight is 1450 g/mol. The highest BCUT2D eigenvalue weighted by atomic mass is 16.5. The standard InChI is InChI=1S/C37H30N4O2.C35H25NO3.C25H21NO3/c1-40(2)29-15-9-25(10-16-29)13-19-31-21-27(22-32(43-31)20-14-26-11-17-30(18-12-26)41(3)4)36-35(28(23-38)24-39)33-7-5-6-8-34(33)37(36)42;1-24-22-26(33-34(37)31-14-8-9-15-32(31)35(33)38)23-30(39-24)21-18-25-16-19-29(20-17-25)36(27-10-4-2-5-11-27)28-12-6-3-7-13-28;1-16-14-18(23-24(27)21-6-4-5-7-22(21)25(23)28)15-20(29-16)13-10-17-8-11-19(12-9-17)26(2)3/h5-22H,1-4H3;2-23H,1H3;4-15H,1-3H3/b;;13-10+. The van der Waals surface area contributed by atoms with E-state index in [1.54, 1.807) is 109 Å². The third-order valence-corrected chi connectivity index (χ3v) is 18.9. The van der Waals surface area contributed by atoms with Gasteiger partial charge >= 0.3 is 0 Å². The number of allylic oxidation sites excluding steroid dienone is 20. The van der Waals surface area contributed by atoms with Crippen LogP contribution in [0.15, 0.2) is 365 Å². The molecule has 0 saturated heterocycles. The monoisotopic (exact) mass is 1450 g/mol. The van der Waals surface area contributed by atoms with Crippen molar-refractivity contribution >= 4 is 92.9 Å². The molecule has 0 spiro atoms. The third kappa shape index (κ3) is 16.8. The molecule has 0 fully saturated rings. The van der Waals surface area contributed by atoms with Crippen molar-refractivity contribution in [1.29, 1.82) is 10.5 Å². The Balaban J connectivity index is 0.000000149. The molecule has 14 nitrogen and oxygen atoms in total. The summed E-state index contributed by atoms with van der Waals surface area (Å²) in [6.07, 6.45) is 25.7. The summed E-state index contributed by atoms with van der Waals surface area (Å²) in [6, 6.07) is 78.1. The van der Waals surface area contributed by atoms with Crippen LogP contribution in [0, 0.1) is 22.7 Å². The number of carbonyl (C=O) groups is 5. The lowest BCUT2D eigenvalue weighted by molar-refractivity contribution is 0.0972. The zero-order valence-corrected chi connectivity index (χ0v) is 62.5. The molecule has 0 bridgehead atoms. The molecular weight excluding hydrogens is 1380 g/mol. The molecule has 0 aromatic heterocycles. The number of hydrogen-bond donors (Lipinski definition) is 0. The van der Waals surface area contributed by atoms with Crippen molar-refractivity contribution in [2.45, 2.75) is 13.8 Å². The van der Waals surface area contributed by atoms with Gasteiger partial charge in [-0.25, -0.2) is 0 Å². The molecule has 542 valence electrons. The second-order valence-corrected chi connectivity index (χ2v) is 27.1. The highest BCUT2D eigenvalue weighted by molar-refractivity contribution is 6.41. The average Bonchev–Trinajstić information content (AvgIpc) is 1.62. The smallest absolute Gasteiger partial charge is 0.198 e. The number of benzene rings is 9. The fraction of sp³-hybridized carbons (Fsp3) is 0.0825. The van der Waals surface area contributed by atoms with E-state index in [4.69, 9.17) is 14.2 Å². The van der Waals surface area contributed by atoms with Gasteiger partial charge in [0, 0.05) is 115 Å². The molecule has 0 saturated carbocycles. The van der Waals surface area contributed by atoms with Gasteiger partial charge in [-0.2, -0.15) is 10.5 Å². The van der Waals surface area contributed by atoms with Crippen LogP contribution in [0.1, 0.15) is 93.5 Å². The third-order valence-electron chi connectivity index (χ3n) is 18.9. The normalized spacial score (nSPS) is 14.8. The second kappa shape index (κ2) is 33.4. The molecule has 3 heterocycles. The van der Waals surface area contributed by atoms with Crippen molar-refractivity contribution in [1.82, 2.24) is 0 Å². The Morgan fingerprint density at radius 3 is 0.847 bits per heavy atom. The van der Waals surface area contributed by atoms with Crippen molar-refractivity contribution < 1.29 is 38.2 Å². The van der Waals surface area contributed by atoms with E-state index in [1.807, 2.05) is 241 Å². The Bertz CT molecular complexity index is 5590. The lowest BCUT2D eigenvalue weighted by atomic mass is 9.94. The number of hydrogen-bond acceptors (Lipinski definition) is 14. The molecule has 0 N–H and O–H groups in total. The maximum atomic E-state index is 13.7. The summed E-state index contributed by atoms with van der Waals surface area (Å²) in [5, 5.41) is 19.6. The van der Waals surface area contributed by atoms with Crippen LogP contribution in [-0.4, -0.2) is 71.2 Å². The number of carbonyl (C=O) groups excluding carboxylic acids is 5. The first-order chi connectivity index (χ1) is 53.8. The van der Waals surface area contributed by atoms with Crippen LogP contribution in [0.3, 0.4) is 0 Å². The van der Waals surface area contributed by atoms with Crippen LogP contribution >= 0.6 is 0 Å². The molecule has 0 unspecified atom stereocenters. The van der Waals surface area contributed by atoms with Crippen molar-refractivity contribution in [2.75, 3.05) is 61.9 Å². The molecular formula is C97H76N6O8. The van der Waals surface area contributed by atoms with E-state index >= 15 is 0 Å². The van der Waals surface area contributed by atoms with Crippen molar-refractivity contribution in [3.63, 3.8) is 0 Å². The Labute approximate surface area is 646 Å². The Hall–Kier alpha value is -14.7. The van der Waals surface area contributed by atoms with E-state index in [0.717, 1.165) is 56.4 Å². The van der Waals surface area contributed by atoms with Crippen molar-refractivity contribution in [3.8, 4) is 12.1 Å². The maximum absolute atomic E-state index is 13.7. The number of ketones is 5. The van der Waals surface area contributed by atoms with E-state index in [2.05, 4.69) is 53.4 Å². The predicted octanol–water partition coefficient (Wildman–Crippen LogP) is 20.7. The summed E-state index contributed by atoms with van der Waals surface area (Å²) >= 11 is 0. The van der Waals surface area contributed by atoms with Gasteiger partial charge in [0.2, 0.25) is 0 Å². The second-order valence-electron chi connectivity index (χ2n) is 27.1. The number of Topliss-reactive ketones (excluding diaryl/α,β-unsaturated/α-hetero) is 5. The lowest BCUT2D eigenvalue weighted by Crippen LogP contribution is -2.09. The number of ether oxygens (including phenoxy) is 3. The largest absolute Gasteiger partial charge is 0.462 e. The number of fused-ring (bicyclic) bond motifs is 3. The molecule has 0 atom stereocenters. The Morgan fingerprint density at radius 2 is 0.541 bits per heavy atom. The minimum atomic E-state index is -0.242. The van der Waals surface area contributed by atoms with Gasteiger partial charge in [-0.3, -0.25) is 24.0 Å². The lowest BCUT2D eigenvalue weighted by Gasteiger charge is -2.25. The zero-order valence-electron chi connectivity index (χ0n) is 62.5. The predicted molar refractivity (Wildman–Crippen MR) is 443 cm³/mol. The molecule has 111 heavy (non-hydrogen) atoms. The Morgan fingerprint density at radius 1 is 0.288 bits per heavy atom. The van der Waals surface area contributed by atoms with Gasteiger partial charge in [0.25, 0.3) is 0 Å². The molecule has 9 aromatic carbocycles. The van der Waals surface area contributed by atoms with E-state index in [1.165, 1.54) is 0 Å². The van der Waals surface area contributed by atoms with Gasteiger partial charge in [0.15, 0.2) is 28.9 Å². The summed E-state index contributed by atoms with van der Waals surface area (Å²) in [7, 11) is 12.0. The molecule has 3 aliphatic heterocycles. The minimum absolute atomic E-state index is 0.106. The summed E-state index contributed by atoms with van der Waals surface area (Å²) in [4.78, 5) is 73.6. The first kappa shape index (κ1) is 74.5. The zero-order chi connectivity index (χ0) is 77.8. The summed E-state index contributed by atoms with van der Waals surface area (Å²) in [6.45, 7) is 3.62. The highest BCUT2D eigenvalue weighted by Crippen LogP contribution is 2.43. The molecule has 9 aromatic rings. The quantitative estimate of drug-likeness (QED) is 0.0571. The maximum Gasteiger partial charge on any atom is 0.198 e. The van der Waals surface area contributed by atoms with Gasteiger partial charge in [-0.1, -0.05) is 182 Å². The van der Waals surface area contributed by atoms with E-state index in [0.29, 0.717) is 95.8 Å². The van der Waals surface area contributed by atoms with Gasteiger partial charge in [-0.15, -0.1) is 0 Å². The van der Waals surface area contributed by atoms with Crippen LogP contribution in [0.5, 0.6) is 0 Å². The molecule has 6 aliphatic rings. The van der Waals surface area contributed by atoms with Gasteiger partial charge in [-0.05, 0) is 192 Å².